The SMILES string of the molecule is CNCCC(=O)NCCC(=O)Nc1cccc(Cl)c1C. The van der Waals surface area contributed by atoms with Gasteiger partial charge in [-0.2, -0.15) is 0 Å². The Bertz CT molecular complexity index is 477. The third-order valence-electron chi connectivity index (χ3n) is 2.82. The van der Waals surface area contributed by atoms with Crippen molar-refractivity contribution < 1.29 is 9.59 Å². The van der Waals surface area contributed by atoms with E-state index in [2.05, 4.69) is 16.0 Å². The van der Waals surface area contributed by atoms with Gasteiger partial charge in [0.2, 0.25) is 11.8 Å². The lowest BCUT2D eigenvalue weighted by atomic mass is 10.2. The zero-order valence-electron chi connectivity index (χ0n) is 11.8. The Morgan fingerprint density at radius 3 is 2.55 bits per heavy atom. The van der Waals surface area contributed by atoms with Gasteiger partial charge in [0, 0.05) is 36.6 Å². The van der Waals surface area contributed by atoms with Gasteiger partial charge in [-0.3, -0.25) is 9.59 Å². The second-order valence-electron chi connectivity index (χ2n) is 4.41. The number of amides is 2. The molecule has 0 aliphatic carbocycles. The maximum atomic E-state index is 11.8. The lowest BCUT2D eigenvalue weighted by Crippen LogP contribution is -2.29. The smallest absolute Gasteiger partial charge is 0.226 e. The number of hydrogen-bond acceptors (Lipinski definition) is 3. The first-order valence-corrected chi connectivity index (χ1v) is 6.88. The second-order valence-corrected chi connectivity index (χ2v) is 4.82. The van der Waals surface area contributed by atoms with Gasteiger partial charge in [0.15, 0.2) is 0 Å². The summed E-state index contributed by atoms with van der Waals surface area (Å²) in [5.41, 5.74) is 1.53. The summed E-state index contributed by atoms with van der Waals surface area (Å²) < 4.78 is 0. The highest BCUT2D eigenvalue weighted by Gasteiger charge is 2.07. The van der Waals surface area contributed by atoms with Crippen LogP contribution in [-0.2, 0) is 9.59 Å². The quantitative estimate of drug-likeness (QED) is 0.717. The van der Waals surface area contributed by atoms with E-state index in [0.717, 1.165) is 5.56 Å². The maximum Gasteiger partial charge on any atom is 0.226 e. The van der Waals surface area contributed by atoms with Crippen molar-refractivity contribution in [3.8, 4) is 0 Å². The molecule has 0 spiro atoms. The number of benzene rings is 1. The first-order chi connectivity index (χ1) is 9.54. The molecule has 6 heteroatoms. The topological polar surface area (TPSA) is 70.2 Å². The van der Waals surface area contributed by atoms with E-state index in [-0.39, 0.29) is 18.2 Å². The number of anilines is 1. The van der Waals surface area contributed by atoms with Crippen molar-refractivity contribution in [3.05, 3.63) is 28.8 Å². The first kappa shape index (κ1) is 16.5. The number of hydrogen-bond donors (Lipinski definition) is 3. The van der Waals surface area contributed by atoms with Crippen molar-refractivity contribution >= 4 is 29.1 Å². The van der Waals surface area contributed by atoms with E-state index in [4.69, 9.17) is 11.6 Å². The summed E-state index contributed by atoms with van der Waals surface area (Å²) in [6.07, 6.45) is 0.642. The molecule has 0 aliphatic heterocycles. The molecule has 2 amide bonds. The highest BCUT2D eigenvalue weighted by atomic mass is 35.5. The monoisotopic (exact) mass is 297 g/mol. The van der Waals surface area contributed by atoms with Crippen LogP contribution in [0, 0.1) is 6.92 Å². The van der Waals surface area contributed by atoms with Crippen LogP contribution in [0.25, 0.3) is 0 Å². The van der Waals surface area contributed by atoms with E-state index in [0.29, 0.717) is 30.2 Å². The van der Waals surface area contributed by atoms with Crippen molar-refractivity contribution in [1.82, 2.24) is 10.6 Å². The summed E-state index contributed by atoms with van der Waals surface area (Å²) in [7, 11) is 1.79. The van der Waals surface area contributed by atoms with E-state index in [1.165, 1.54) is 0 Å². The molecule has 0 bridgehead atoms. The Morgan fingerprint density at radius 1 is 1.15 bits per heavy atom. The molecule has 5 nitrogen and oxygen atoms in total. The van der Waals surface area contributed by atoms with Gasteiger partial charge in [-0.25, -0.2) is 0 Å². The zero-order valence-corrected chi connectivity index (χ0v) is 12.5. The van der Waals surface area contributed by atoms with Gasteiger partial charge in [0.25, 0.3) is 0 Å². The molecule has 0 saturated heterocycles. The lowest BCUT2D eigenvalue weighted by Gasteiger charge is -2.10. The van der Waals surface area contributed by atoms with Gasteiger partial charge in [0.1, 0.15) is 0 Å². The second kappa shape index (κ2) is 8.55. The van der Waals surface area contributed by atoms with E-state index in [1.54, 1.807) is 25.2 Å². The molecular formula is C14H20ClN3O2. The van der Waals surface area contributed by atoms with Crippen LogP contribution in [0.5, 0.6) is 0 Å². The highest BCUT2D eigenvalue weighted by molar-refractivity contribution is 6.31. The minimum atomic E-state index is -0.149. The van der Waals surface area contributed by atoms with Crippen LogP contribution in [0.4, 0.5) is 5.69 Å². The molecule has 0 radical (unpaired) electrons. The van der Waals surface area contributed by atoms with Crippen LogP contribution in [0.1, 0.15) is 18.4 Å². The summed E-state index contributed by atoms with van der Waals surface area (Å²) in [4.78, 5) is 23.1. The molecule has 0 fully saturated rings. The van der Waals surface area contributed by atoms with Gasteiger partial charge >= 0.3 is 0 Å². The summed E-state index contributed by atoms with van der Waals surface area (Å²) in [5, 5.41) is 8.98. The molecule has 0 heterocycles. The van der Waals surface area contributed by atoms with Crippen LogP contribution in [0.15, 0.2) is 18.2 Å². The summed E-state index contributed by atoms with van der Waals surface area (Å²) >= 11 is 5.98. The summed E-state index contributed by atoms with van der Waals surface area (Å²) in [6, 6.07) is 5.35. The molecule has 1 aromatic carbocycles. The minimum absolute atomic E-state index is 0.0638. The predicted molar refractivity (Wildman–Crippen MR) is 81.0 cm³/mol. The summed E-state index contributed by atoms with van der Waals surface area (Å²) in [5.74, 6) is -0.213. The molecule has 0 aromatic heterocycles. The van der Waals surface area contributed by atoms with E-state index in [1.807, 2.05) is 6.92 Å². The van der Waals surface area contributed by atoms with Crippen molar-refractivity contribution in [3.63, 3.8) is 0 Å². The van der Waals surface area contributed by atoms with Crippen LogP contribution in [0.2, 0.25) is 5.02 Å². The average Bonchev–Trinajstić information content (AvgIpc) is 2.41. The Morgan fingerprint density at radius 2 is 1.85 bits per heavy atom. The molecule has 0 aliphatic rings. The van der Waals surface area contributed by atoms with Crippen molar-refractivity contribution in [2.45, 2.75) is 19.8 Å². The van der Waals surface area contributed by atoms with Gasteiger partial charge in [-0.15, -0.1) is 0 Å². The van der Waals surface area contributed by atoms with E-state index in [9.17, 15) is 9.59 Å². The van der Waals surface area contributed by atoms with Crippen LogP contribution >= 0.6 is 11.6 Å². The Kier molecular flexibility index (Phi) is 7.04. The van der Waals surface area contributed by atoms with Crippen molar-refractivity contribution in [2.75, 3.05) is 25.5 Å². The molecule has 110 valence electrons. The molecule has 1 rings (SSSR count). The molecule has 0 saturated carbocycles. The van der Waals surface area contributed by atoms with Gasteiger partial charge in [-0.05, 0) is 31.7 Å². The Hall–Kier alpha value is -1.59. The van der Waals surface area contributed by atoms with Crippen LogP contribution < -0.4 is 16.0 Å². The number of rotatable bonds is 7. The van der Waals surface area contributed by atoms with Crippen LogP contribution in [-0.4, -0.2) is 32.0 Å². The van der Waals surface area contributed by atoms with Gasteiger partial charge in [0.05, 0.1) is 0 Å². The standard InChI is InChI=1S/C14H20ClN3O2/c1-10-11(15)4-3-5-12(10)18-14(20)7-9-17-13(19)6-8-16-2/h3-5,16H,6-9H2,1-2H3,(H,17,19)(H,18,20). The third kappa shape index (κ3) is 5.59. The number of carbonyl (C=O) groups is 2. The van der Waals surface area contributed by atoms with E-state index < -0.39 is 0 Å². The average molecular weight is 298 g/mol. The lowest BCUT2D eigenvalue weighted by molar-refractivity contribution is -0.121. The third-order valence-corrected chi connectivity index (χ3v) is 3.23. The molecular weight excluding hydrogens is 278 g/mol. The normalized spacial score (nSPS) is 10.2. The van der Waals surface area contributed by atoms with Gasteiger partial charge in [-0.1, -0.05) is 17.7 Å². The largest absolute Gasteiger partial charge is 0.356 e. The number of nitrogens with one attached hydrogen (secondary N) is 3. The minimum Gasteiger partial charge on any atom is -0.356 e. The Balaban J connectivity index is 2.34. The van der Waals surface area contributed by atoms with Gasteiger partial charge < -0.3 is 16.0 Å². The molecule has 0 atom stereocenters. The van der Waals surface area contributed by atoms with E-state index >= 15 is 0 Å². The zero-order chi connectivity index (χ0) is 15.0. The molecule has 3 N–H and O–H groups in total. The molecule has 1 aromatic rings. The van der Waals surface area contributed by atoms with Crippen molar-refractivity contribution in [1.29, 1.82) is 0 Å². The number of halogens is 1. The first-order valence-electron chi connectivity index (χ1n) is 6.51. The fraction of sp³-hybridized carbons (Fsp3) is 0.429. The molecule has 20 heavy (non-hydrogen) atoms. The predicted octanol–water partition coefficient (Wildman–Crippen LogP) is 1.70. The van der Waals surface area contributed by atoms with Crippen molar-refractivity contribution in [2.24, 2.45) is 0 Å². The molecule has 0 unspecified atom stereocenters. The fourth-order valence-corrected chi connectivity index (χ4v) is 1.77. The highest BCUT2D eigenvalue weighted by Crippen LogP contribution is 2.22. The number of carbonyl (C=O) groups excluding carboxylic acids is 2. The Labute approximate surface area is 124 Å². The fourth-order valence-electron chi connectivity index (χ4n) is 1.60. The summed E-state index contributed by atoms with van der Waals surface area (Å²) in [6.45, 7) is 2.80. The van der Waals surface area contributed by atoms with Crippen LogP contribution in [0.3, 0.4) is 0 Å². The maximum absolute atomic E-state index is 11.8.